The number of ether oxygens (including phenoxy) is 1. The van der Waals surface area contributed by atoms with Gasteiger partial charge in [-0.1, -0.05) is 37.3 Å². The summed E-state index contributed by atoms with van der Waals surface area (Å²) in [5.74, 6) is 1.31. The molecule has 160 valence electrons. The molecule has 29 heavy (non-hydrogen) atoms. The van der Waals surface area contributed by atoms with Crippen LogP contribution in [0, 0.1) is 0 Å². The number of hydrogen-bond acceptors (Lipinski definition) is 4. The molecule has 5 nitrogen and oxygen atoms in total. The molecule has 2 heterocycles. The first-order valence-electron chi connectivity index (χ1n) is 10.0. The third-order valence-corrected chi connectivity index (χ3v) is 6.11. The van der Waals surface area contributed by atoms with Crippen molar-refractivity contribution < 1.29 is 4.74 Å². The number of morpholine rings is 1. The molecular formula is C22H33IN4OS. The van der Waals surface area contributed by atoms with Crippen molar-refractivity contribution in [2.45, 2.75) is 39.0 Å². The number of thiophene rings is 1. The summed E-state index contributed by atoms with van der Waals surface area (Å²) in [6, 6.07) is 13.1. The van der Waals surface area contributed by atoms with Crippen LogP contribution in [0.5, 0.6) is 0 Å². The standard InChI is InChI=1S/C22H32N4OS.HI/c1-17(21-8-5-11-28-21)13-24-22(23-3)25-14-19-6-4-7-20(12-19)16-26-9-10-27-18(2)15-26;/h4-8,11-12,17-18H,9-10,13-16H2,1-3H3,(H2,23,24,25);1H. The maximum atomic E-state index is 5.64. The Balaban J connectivity index is 0.00000300. The van der Waals surface area contributed by atoms with Crippen LogP contribution in [-0.4, -0.2) is 50.3 Å². The topological polar surface area (TPSA) is 48.9 Å². The Kier molecular flexibility index (Phi) is 10.4. The zero-order valence-corrected chi connectivity index (χ0v) is 20.7. The maximum absolute atomic E-state index is 5.64. The van der Waals surface area contributed by atoms with Crippen molar-refractivity contribution in [3.05, 3.63) is 57.8 Å². The van der Waals surface area contributed by atoms with Crippen molar-refractivity contribution in [1.82, 2.24) is 15.5 Å². The minimum atomic E-state index is 0. The predicted molar refractivity (Wildman–Crippen MR) is 133 cm³/mol. The number of nitrogens with zero attached hydrogens (tertiary/aromatic N) is 2. The lowest BCUT2D eigenvalue weighted by molar-refractivity contribution is -0.0212. The molecular weight excluding hydrogens is 495 g/mol. The van der Waals surface area contributed by atoms with Crippen LogP contribution >= 0.6 is 35.3 Å². The fourth-order valence-corrected chi connectivity index (χ4v) is 4.25. The highest BCUT2D eigenvalue weighted by Gasteiger charge is 2.16. The zero-order valence-electron chi connectivity index (χ0n) is 17.6. The molecule has 1 saturated heterocycles. The molecule has 2 aromatic rings. The second-order valence-electron chi connectivity index (χ2n) is 7.46. The Bertz CT molecular complexity index is 753. The van der Waals surface area contributed by atoms with E-state index in [1.54, 1.807) is 11.3 Å². The van der Waals surface area contributed by atoms with Crippen molar-refractivity contribution in [3.8, 4) is 0 Å². The highest BCUT2D eigenvalue weighted by atomic mass is 127. The van der Waals surface area contributed by atoms with E-state index in [0.29, 0.717) is 12.0 Å². The third-order valence-electron chi connectivity index (χ3n) is 5.01. The summed E-state index contributed by atoms with van der Waals surface area (Å²) >= 11 is 1.80. The first kappa shape index (κ1) is 24.1. The van der Waals surface area contributed by atoms with Crippen LogP contribution in [0.2, 0.25) is 0 Å². The van der Waals surface area contributed by atoms with Crippen molar-refractivity contribution in [1.29, 1.82) is 0 Å². The number of hydrogen-bond donors (Lipinski definition) is 2. The average molecular weight is 529 g/mol. The van der Waals surface area contributed by atoms with Crippen LogP contribution in [0.4, 0.5) is 0 Å². The van der Waals surface area contributed by atoms with Gasteiger partial charge in [-0.25, -0.2) is 0 Å². The molecule has 0 aliphatic carbocycles. The van der Waals surface area contributed by atoms with Gasteiger partial charge in [0.25, 0.3) is 0 Å². The Labute approximate surface area is 196 Å². The molecule has 7 heteroatoms. The van der Waals surface area contributed by atoms with Crippen molar-refractivity contribution in [2.24, 2.45) is 4.99 Å². The molecule has 1 aliphatic rings. The van der Waals surface area contributed by atoms with Gasteiger partial charge in [-0.2, -0.15) is 0 Å². The molecule has 0 amide bonds. The molecule has 0 saturated carbocycles. The van der Waals surface area contributed by atoms with E-state index >= 15 is 0 Å². The van der Waals surface area contributed by atoms with Crippen LogP contribution in [0.3, 0.4) is 0 Å². The van der Waals surface area contributed by atoms with Gasteiger partial charge < -0.3 is 15.4 Å². The Hall–Kier alpha value is -1.16. The number of aliphatic imine (C=N–C) groups is 1. The van der Waals surface area contributed by atoms with Crippen molar-refractivity contribution in [2.75, 3.05) is 33.3 Å². The molecule has 1 fully saturated rings. The van der Waals surface area contributed by atoms with E-state index in [2.05, 4.69) is 76.2 Å². The number of guanidine groups is 1. The van der Waals surface area contributed by atoms with E-state index in [4.69, 9.17) is 4.74 Å². The fourth-order valence-electron chi connectivity index (χ4n) is 3.46. The Morgan fingerprint density at radius 1 is 1.28 bits per heavy atom. The lowest BCUT2D eigenvalue weighted by Gasteiger charge is -2.31. The second-order valence-corrected chi connectivity index (χ2v) is 8.44. The summed E-state index contributed by atoms with van der Waals surface area (Å²) in [5, 5.41) is 9.00. The van der Waals surface area contributed by atoms with Crippen LogP contribution in [-0.2, 0) is 17.8 Å². The number of halogens is 1. The SMILES string of the molecule is CN=C(NCc1cccc(CN2CCOC(C)C2)c1)NCC(C)c1cccs1.I. The maximum Gasteiger partial charge on any atom is 0.191 e. The first-order chi connectivity index (χ1) is 13.6. The smallest absolute Gasteiger partial charge is 0.191 e. The van der Waals surface area contributed by atoms with Gasteiger partial charge in [-0.05, 0) is 29.5 Å². The molecule has 1 aromatic carbocycles. The molecule has 2 atom stereocenters. The summed E-state index contributed by atoms with van der Waals surface area (Å²) in [5.41, 5.74) is 2.62. The quantitative estimate of drug-likeness (QED) is 0.324. The van der Waals surface area contributed by atoms with Gasteiger partial charge in [0, 0.05) is 50.6 Å². The predicted octanol–water partition coefficient (Wildman–Crippen LogP) is 4.06. The summed E-state index contributed by atoms with van der Waals surface area (Å²) in [6.45, 7) is 9.83. The third kappa shape index (κ3) is 7.88. The van der Waals surface area contributed by atoms with E-state index in [9.17, 15) is 0 Å². The first-order valence-corrected chi connectivity index (χ1v) is 10.9. The van der Waals surface area contributed by atoms with E-state index in [-0.39, 0.29) is 24.0 Å². The summed E-state index contributed by atoms with van der Waals surface area (Å²) in [4.78, 5) is 8.22. The van der Waals surface area contributed by atoms with E-state index in [1.807, 2.05) is 7.05 Å². The largest absolute Gasteiger partial charge is 0.376 e. The van der Waals surface area contributed by atoms with Gasteiger partial charge in [-0.3, -0.25) is 9.89 Å². The van der Waals surface area contributed by atoms with Gasteiger partial charge in [0.05, 0.1) is 12.7 Å². The van der Waals surface area contributed by atoms with Gasteiger partial charge in [0.1, 0.15) is 0 Å². The van der Waals surface area contributed by atoms with Crippen LogP contribution in [0.25, 0.3) is 0 Å². The summed E-state index contributed by atoms with van der Waals surface area (Å²) < 4.78 is 5.64. The monoisotopic (exact) mass is 528 g/mol. The van der Waals surface area contributed by atoms with Crippen molar-refractivity contribution >= 4 is 41.3 Å². The van der Waals surface area contributed by atoms with Crippen LogP contribution in [0.1, 0.15) is 35.8 Å². The molecule has 0 radical (unpaired) electrons. The molecule has 2 unspecified atom stereocenters. The second kappa shape index (κ2) is 12.5. The summed E-state index contributed by atoms with van der Waals surface area (Å²) in [6.07, 6.45) is 0.324. The van der Waals surface area contributed by atoms with E-state index in [1.165, 1.54) is 16.0 Å². The lowest BCUT2D eigenvalue weighted by Crippen LogP contribution is -2.40. The van der Waals surface area contributed by atoms with Crippen LogP contribution in [0.15, 0.2) is 46.8 Å². The molecule has 0 bridgehead atoms. The van der Waals surface area contributed by atoms with Crippen molar-refractivity contribution in [3.63, 3.8) is 0 Å². The number of benzene rings is 1. The molecule has 3 rings (SSSR count). The molecule has 2 N–H and O–H groups in total. The number of rotatable bonds is 7. The lowest BCUT2D eigenvalue weighted by atomic mass is 10.1. The van der Waals surface area contributed by atoms with Gasteiger partial charge >= 0.3 is 0 Å². The average Bonchev–Trinajstić information content (AvgIpc) is 3.23. The normalized spacial score (nSPS) is 18.7. The minimum Gasteiger partial charge on any atom is -0.376 e. The zero-order chi connectivity index (χ0) is 19.8. The Morgan fingerprint density at radius 2 is 2.10 bits per heavy atom. The molecule has 1 aliphatic heterocycles. The highest BCUT2D eigenvalue weighted by molar-refractivity contribution is 14.0. The summed E-state index contributed by atoms with van der Waals surface area (Å²) in [7, 11) is 1.82. The molecule has 0 spiro atoms. The number of nitrogens with one attached hydrogen (secondary N) is 2. The van der Waals surface area contributed by atoms with E-state index in [0.717, 1.165) is 45.3 Å². The Morgan fingerprint density at radius 3 is 2.83 bits per heavy atom. The van der Waals surface area contributed by atoms with Gasteiger partial charge in [0.2, 0.25) is 0 Å². The minimum absolute atomic E-state index is 0. The van der Waals surface area contributed by atoms with Gasteiger partial charge in [-0.15, -0.1) is 35.3 Å². The van der Waals surface area contributed by atoms with Crippen LogP contribution < -0.4 is 10.6 Å². The highest BCUT2D eigenvalue weighted by Crippen LogP contribution is 2.19. The van der Waals surface area contributed by atoms with Gasteiger partial charge in [0.15, 0.2) is 5.96 Å². The van der Waals surface area contributed by atoms with E-state index < -0.39 is 0 Å². The molecule has 1 aromatic heterocycles. The fraction of sp³-hybridized carbons (Fsp3) is 0.500.